The van der Waals surface area contributed by atoms with Crippen LogP contribution in [0.15, 0.2) is 29.2 Å². The Labute approximate surface area is 122 Å². The van der Waals surface area contributed by atoms with Crippen LogP contribution < -0.4 is 14.8 Å². The number of piperidine rings is 1. The van der Waals surface area contributed by atoms with Crippen LogP contribution in [0.4, 0.5) is 8.78 Å². The van der Waals surface area contributed by atoms with E-state index < -0.39 is 23.1 Å². The first-order valence-corrected chi connectivity index (χ1v) is 8.20. The standard InChI is InChI=1S/C13H18F2N2O3S/c14-13(15)9-20-11-1-3-12(4-2-11)21(18,19)17-10-5-7-16-8-6-10/h1-4,10,13,16-17H,5-9H2. The SMILES string of the molecule is O=S(=O)(NC1CCNCC1)c1ccc(OCC(F)F)cc1. The lowest BCUT2D eigenvalue weighted by Gasteiger charge is -2.23. The molecule has 1 fully saturated rings. The Morgan fingerprint density at radius 1 is 1.24 bits per heavy atom. The summed E-state index contributed by atoms with van der Waals surface area (Å²) in [7, 11) is -3.59. The zero-order valence-corrected chi connectivity index (χ0v) is 12.2. The minimum absolute atomic E-state index is 0.0778. The molecule has 1 heterocycles. The quantitative estimate of drug-likeness (QED) is 0.830. The molecule has 118 valence electrons. The number of hydrogen-bond acceptors (Lipinski definition) is 4. The molecule has 1 aliphatic heterocycles. The lowest BCUT2D eigenvalue weighted by molar-refractivity contribution is 0.0819. The van der Waals surface area contributed by atoms with Crippen LogP contribution in [0.5, 0.6) is 5.75 Å². The highest BCUT2D eigenvalue weighted by Gasteiger charge is 2.21. The molecule has 0 amide bonds. The second-order valence-corrected chi connectivity index (χ2v) is 6.53. The Morgan fingerprint density at radius 2 is 1.86 bits per heavy atom. The molecule has 0 saturated carbocycles. The zero-order chi connectivity index (χ0) is 15.3. The van der Waals surface area contributed by atoms with Gasteiger partial charge < -0.3 is 10.1 Å². The Bertz CT molecular complexity index is 543. The fourth-order valence-corrected chi connectivity index (χ4v) is 3.41. The smallest absolute Gasteiger partial charge is 0.272 e. The van der Waals surface area contributed by atoms with Gasteiger partial charge in [-0.3, -0.25) is 0 Å². The summed E-state index contributed by atoms with van der Waals surface area (Å²) in [5.41, 5.74) is 0. The van der Waals surface area contributed by atoms with E-state index in [1.807, 2.05) is 0 Å². The molecular formula is C13H18F2N2O3S. The predicted molar refractivity (Wildman–Crippen MR) is 74.2 cm³/mol. The highest BCUT2D eigenvalue weighted by Crippen LogP contribution is 2.17. The highest BCUT2D eigenvalue weighted by atomic mass is 32.2. The number of ether oxygens (including phenoxy) is 1. The molecule has 5 nitrogen and oxygen atoms in total. The summed E-state index contributed by atoms with van der Waals surface area (Å²) in [5, 5.41) is 3.16. The summed E-state index contributed by atoms with van der Waals surface area (Å²) < 4.78 is 55.9. The third kappa shape index (κ3) is 4.90. The third-order valence-electron chi connectivity index (χ3n) is 3.17. The van der Waals surface area contributed by atoms with E-state index >= 15 is 0 Å². The fourth-order valence-electron chi connectivity index (χ4n) is 2.10. The van der Waals surface area contributed by atoms with Gasteiger partial charge in [0.2, 0.25) is 10.0 Å². The molecule has 0 unspecified atom stereocenters. The topological polar surface area (TPSA) is 67.4 Å². The van der Waals surface area contributed by atoms with Crippen LogP contribution in [-0.4, -0.2) is 40.6 Å². The van der Waals surface area contributed by atoms with Gasteiger partial charge in [-0.2, -0.15) is 0 Å². The Hall–Kier alpha value is -1.25. The van der Waals surface area contributed by atoms with Crippen molar-refractivity contribution in [3.05, 3.63) is 24.3 Å². The van der Waals surface area contributed by atoms with Crippen molar-refractivity contribution in [2.24, 2.45) is 0 Å². The summed E-state index contributed by atoms with van der Waals surface area (Å²) >= 11 is 0. The molecule has 8 heteroatoms. The summed E-state index contributed by atoms with van der Waals surface area (Å²) in [6, 6.07) is 5.37. The van der Waals surface area contributed by atoms with Gasteiger partial charge in [0, 0.05) is 6.04 Å². The minimum Gasteiger partial charge on any atom is -0.488 e. The fraction of sp³-hybridized carbons (Fsp3) is 0.538. The monoisotopic (exact) mass is 320 g/mol. The van der Waals surface area contributed by atoms with Gasteiger partial charge in [-0.05, 0) is 50.2 Å². The van der Waals surface area contributed by atoms with Crippen LogP contribution in [-0.2, 0) is 10.0 Å². The average molecular weight is 320 g/mol. The van der Waals surface area contributed by atoms with Crippen LogP contribution in [0.25, 0.3) is 0 Å². The van der Waals surface area contributed by atoms with Gasteiger partial charge in [0.05, 0.1) is 4.90 Å². The van der Waals surface area contributed by atoms with Crippen LogP contribution >= 0.6 is 0 Å². The van der Waals surface area contributed by atoms with E-state index in [0.717, 1.165) is 25.9 Å². The van der Waals surface area contributed by atoms with Crippen molar-refractivity contribution in [2.75, 3.05) is 19.7 Å². The average Bonchev–Trinajstić information content (AvgIpc) is 2.46. The minimum atomic E-state index is -3.59. The first-order chi connectivity index (χ1) is 9.97. The Balaban J connectivity index is 1.99. The molecule has 1 saturated heterocycles. The third-order valence-corrected chi connectivity index (χ3v) is 4.71. The zero-order valence-electron chi connectivity index (χ0n) is 11.4. The number of rotatable bonds is 6. The molecule has 1 aliphatic rings. The van der Waals surface area contributed by atoms with E-state index in [9.17, 15) is 17.2 Å². The van der Waals surface area contributed by atoms with Gasteiger partial charge in [0.25, 0.3) is 6.43 Å². The number of alkyl halides is 2. The van der Waals surface area contributed by atoms with Crippen LogP contribution in [0.2, 0.25) is 0 Å². The van der Waals surface area contributed by atoms with Gasteiger partial charge in [-0.1, -0.05) is 0 Å². The van der Waals surface area contributed by atoms with Crippen molar-refractivity contribution in [1.29, 1.82) is 0 Å². The summed E-state index contributed by atoms with van der Waals surface area (Å²) in [6.45, 7) is 0.862. The molecule has 21 heavy (non-hydrogen) atoms. The summed E-state index contributed by atoms with van der Waals surface area (Å²) in [5.74, 6) is 0.219. The van der Waals surface area contributed by atoms with Crippen LogP contribution in [0.1, 0.15) is 12.8 Å². The van der Waals surface area contributed by atoms with E-state index in [2.05, 4.69) is 10.0 Å². The van der Waals surface area contributed by atoms with Crippen molar-refractivity contribution >= 4 is 10.0 Å². The molecule has 0 aliphatic carbocycles. The first-order valence-electron chi connectivity index (χ1n) is 6.71. The molecule has 1 aromatic rings. The Morgan fingerprint density at radius 3 is 2.43 bits per heavy atom. The van der Waals surface area contributed by atoms with Gasteiger partial charge in [0.15, 0.2) is 0 Å². The second-order valence-electron chi connectivity index (χ2n) is 4.82. The number of benzene rings is 1. The maximum atomic E-state index is 12.2. The highest BCUT2D eigenvalue weighted by molar-refractivity contribution is 7.89. The molecular weight excluding hydrogens is 302 g/mol. The lowest BCUT2D eigenvalue weighted by atomic mass is 10.1. The van der Waals surface area contributed by atoms with Gasteiger partial charge in [-0.15, -0.1) is 0 Å². The maximum absolute atomic E-state index is 12.2. The predicted octanol–water partition coefficient (Wildman–Crippen LogP) is 1.36. The number of sulfonamides is 1. The number of halogens is 2. The van der Waals surface area contributed by atoms with Crippen molar-refractivity contribution in [3.63, 3.8) is 0 Å². The van der Waals surface area contributed by atoms with E-state index in [1.165, 1.54) is 24.3 Å². The van der Waals surface area contributed by atoms with E-state index in [-0.39, 0.29) is 16.7 Å². The second kappa shape index (κ2) is 7.15. The Kier molecular flexibility index (Phi) is 5.49. The lowest BCUT2D eigenvalue weighted by Crippen LogP contribution is -2.42. The van der Waals surface area contributed by atoms with E-state index in [4.69, 9.17) is 4.74 Å². The van der Waals surface area contributed by atoms with Gasteiger partial charge in [-0.25, -0.2) is 21.9 Å². The summed E-state index contributed by atoms with van der Waals surface area (Å²) in [4.78, 5) is 0.102. The van der Waals surface area contributed by atoms with E-state index in [1.54, 1.807) is 0 Å². The van der Waals surface area contributed by atoms with Gasteiger partial charge >= 0.3 is 0 Å². The normalized spacial score (nSPS) is 17.1. The van der Waals surface area contributed by atoms with Crippen LogP contribution in [0, 0.1) is 0 Å². The molecule has 0 radical (unpaired) electrons. The van der Waals surface area contributed by atoms with Crippen molar-refractivity contribution in [1.82, 2.24) is 10.0 Å². The molecule has 0 spiro atoms. The van der Waals surface area contributed by atoms with Crippen molar-refractivity contribution in [3.8, 4) is 5.75 Å². The summed E-state index contributed by atoms with van der Waals surface area (Å²) in [6.07, 6.45) is -1.07. The number of nitrogens with one attached hydrogen (secondary N) is 2. The molecule has 2 rings (SSSR count). The largest absolute Gasteiger partial charge is 0.488 e. The van der Waals surface area contributed by atoms with E-state index in [0.29, 0.717) is 0 Å². The number of hydrogen-bond donors (Lipinski definition) is 2. The van der Waals surface area contributed by atoms with Crippen molar-refractivity contribution in [2.45, 2.75) is 30.2 Å². The molecule has 1 aromatic carbocycles. The first kappa shape index (κ1) is 16.1. The molecule has 0 atom stereocenters. The molecule has 2 N–H and O–H groups in total. The van der Waals surface area contributed by atoms with Crippen LogP contribution in [0.3, 0.4) is 0 Å². The van der Waals surface area contributed by atoms with Gasteiger partial charge in [0.1, 0.15) is 12.4 Å². The maximum Gasteiger partial charge on any atom is 0.272 e. The molecule has 0 aromatic heterocycles. The molecule has 0 bridgehead atoms. The van der Waals surface area contributed by atoms with Crippen molar-refractivity contribution < 1.29 is 21.9 Å².